The first kappa shape index (κ1) is 25.3. The molecule has 0 aliphatic carbocycles. The molecule has 0 aromatic rings. The lowest BCUT2D eigenvalue weighted by atomic mass is 10.1. The van der Waals surface area contributed by atoms with Gasteiger partial charge in [0, 0.05) is 12.8 Å². The van der Waals surface area contributed by atoms with Crippen molar-refractivity contribution in [2.45, 2.75) is 71.8 Å². The zero-order valence-corrected chi connectivity index (χ0v) is 16.9. The largest absolute Gasteiger partial charge is 0.481 e. The monoisotopic (exact) mass is 393 g/mol. The summed E-state index contributed by atoms with van der Waals surface area (Å²) in [6.07, 6.45) is 11.7. The third-order valence-electron chi connectivity index (χ3n) is 3.66. The number of allylic oxidation sites excluding steroid dienone is 5. The summed E-state index contributed by atoms with van der Waals surface area (Å²) in [5, 5.41) is 9.17. The zero-order chi connectivity index (χ0) is 21.4. The van der Waals surface area contributed by atoms with Gasteiger partial charge in [-0.15, -0.1) is 0 Å². The summed E-state index contributed by atoms with van der Waals surface area (Å²) in [6, 6.07) is -1.50. The number of hydrogen-bond acceptors (Lipinski definition) is 5. The van der Waals surface area contributed by atoms with Crippen LogP contribution in [-0.4, -0.2) is 39.8 Å². The number of imide groups is 1. The molecule has 2 amide bonds. The second-order valence-electron chi connectivity index (χ2n) is 6.01. The number of amides is 2. The predicted molar refractivity (Wildman–Crippen MR) is 106 cm³/mol. The van der Waals surface area contributed by atoms with Crippen molar-refractivity contribution in [3.05, 3.63) is 36.6 Å². The lowest BCUT2D eigenvalue weighted by molar-refractivity contribution is -0.161. The lowest BCUT2D eigenvalue weighted by Crippen LogP contribution is -2.50. The van der Waals surface area contributed by atoms with E-state index in [9.17, 15) is 19.2 Å². The molecule has 1 unspecified atom stereocenters. The Balaban J connectivity index is 5.56. The van der Waals surface area contributed by atoms with Crippen LogP contribution < -0.4 is 0 Å². The van der Waals surface area contributed by atoms with Crippen molar-refractivity contribution in [1.82, 2.24) is 4.90 Å². The third kappa shape index (κ3) is 10.4. The summed E-state index contributed by atoms with van der Waals surface area (Å²) in [7, 11) is 0. The number of nitrogens with zero attached hydrogens (tertiary/aromatic N) is 1. The summed E-state index contributed by atoms with van der Waals surface area (Å²) >= 11 is 0. The number of carboxylic acid groups (broad SMARTS) is 1. The minimum atomic E-state index is -1.50. The molecule has 0 spiro atoms. The summed E-state index contributed by atoms with van der Waals surface area (Å²) in [6.45, 7) is 5.53. The Morgan fingerprint density at radius 3 is 1.82 bits per heavy atom. The molecule has 1 atom stereocenters. The quantitative estimate of drug-likeness (QED) is 0.290. The topological polar surface area (TPSA) is 101 Å². The average molecular weight is 393 g/mol. The highest BCUT2D eigenvalue weighted by Gasteiger charge is 2.36. The number of carbonyl (C=O) groups is 4. The van der Waals surface area contributed by atoms with E-state index in [2.05, 4.69) is 0 Å². The maximum atomic E-state index is 12.7. The van der Waals surface area contributed by atoms with Crippen molar-refractivity contribution in [3.63, 3.8) is 0 Å². The number of ether oxygens (including phenoxy) is 1. The second kappa shape index (κ2) is 15.4. The molecule has 0 aliphatic rings. The van der Waals surface area contributed by atoms with Gasteiger partial charge in [-0.3, -0.25) is 19.3 Å². The molecule has 0 rings (SSSR count). The molecule has 0 heterocycles. The smallest absolute Gasteiger partial charge is 0.334 e. The van der Waals surface area contributed by atoms with Crippen LogP contribution in [0.25, 0.3) is 0 Å². The highest BCUT2D eigenvalue weighted by atomic mass is 16.5. The van der Waals surface area contributed by atoms with Gasteiger partial charge in [-0.25, -0.2) is 4.79 Å². The molecule has 1 N–H and O–H groups in total. The van der Waals surface area contributed by atoms with Gasteiger partial charge in [0.25, 0.3) is 0 Å². The van der Waals surface area contributed by atoms with E-state index >= 15 is 0 Å². The van der Waals surface area contributed by atoms with Gasteiger partial charge in [0.2, 0.25) is 11.8 Å². The number of esters is 1. The number of aliphatic carboxylic acids is 1. The van der Waals surface area contributed by atoms with E-state index in [0.29, 0.717) is 12.8 Å². The molecule has 0 saturated carbocycles. The van der Waals surface area contributed by atoms with E-state index in [-0.39, 0.29) is 12.8 Å². The maximum absolute atomic E-state index is 12.7. The van der Waals surface area contributed by atoms with Gasteiger partial charge in [-0.05, 0) is 32.6 Å². The Hall–Kier alpha value is -2.70. The van der Waals surface area contributed by atoms with Gasteiger partial charge >= 0.3 is 11.9 Å². The van der Waals surface area contributed by atoms with Crippen LogP contribution in [0.4, 0.5) is 0 Å². The van der Waals surface area contributed by atoms with Crippen molar-refractivity contribution in [2.75, 3.05) is 0 Å². The van der Waals surface area contributed by atoms with Crippen molar-refractivity contribution >= 4 is 23.8 Å². The highest BCUT2D eigenvalue weighted by Crippen LogP contribution is 2.14. The van der Waals surface area contributed by atoms with E-state index < -0.39 is 36.2 Å². The number of rotatable bonds is 13. The second-order valence-corrected chi connectivity index (χ2v) is 6.01. The van der Waals surface area contributed by atoms with Crippen LogP contribution in [0.3, 0.4) is 0 Å². The Bertz CT molecular complexity index is 576. The Kier molecular flexibility index (Phi) is 13.9. The minimum Gasteiger partial charge on any atom is -0.481 e. The molecule has 0 aromatic carbocycles. The Morgan fingerprint density at radius 1 is 0.929 bits per heavy atom. The fraction of sp³-hybridized carbons (Fsp3) is 0.524. The maximum Gasteiger partial charge on any atom is 0.334 e. The van der Waals surface area contributed by atoms with Crippen LogP contribution in [0.2, 0.25) is 0 Å². The normalized spacial score (nSPS) is 12.5. The molecule has 0 radical (unpaired) electrons. The highest BCUT2D eigenvalue weighted by molar-refractivity contribution is 6.00. The van der Waals surface area contributed by atoms with Gasteiger partial charge in [0.15, 0.2) is 0 Å². The fourth-order valence-electron chi connectivity index (χ4n) is 2.37. The molecule has 0 bridgehead atoms. The molecule has 0 saturated heterocycles. The molecule has 156 valence electrons. The third-order valence-corrected chi connectivity index (χ3v) is 3.66. The number of carboxylic acids is 1. The van der Waals surface area contributed by atoms with E-state index in [1.807, 2.05) is 38.2 Å². The summed E-state index contributed by atoms with van der Waals surface area (Å²) in [5.74, 6) is -3.43. The van der Waals surface area contributed by atoms with Crippen molar-refractivity contribution in [3.8, 4) is 0 Å². The van der Waals surface area contributed by atoms with Gasteiger partial charge in [-0.2, -0.15) is 0 Å². The molecule has 28 heavy (non-hydrogen) atoms. The van der Waals surface area contributed by atoms with E-state index in [1.54, 1.807) is 6.92 Å². The van der Waals surface area contributed by atoms with Crippen molar-refractivity contribution < 1.29 is 29.0 Å². The number of carbonyl (C=O) groups excluding carboxylic acids is 3. The molecule has 7 heteroatoms. The molecular formula is C21H31NO6. The molecular weight excluding hydrogens is 362 g/mol. The Labute approximate surface area is 166 Å². The lowest BCUT2D eigenvalue weighted by Gasteiger charge is -2.27. The predicted octanol–water partition coefficient (Wildman–Crippen LogP) is 3.75. The van der Waals surface area contributed by atoms with Crippen molar-refractivity contribution in [1.29, 1.82) is 0 Å². The first-order chi connectivity index (χ1) is 13.4. The molecule has 0 aromatic heterocycles. The van der Waals surface area contributed by atoms with Crippen LogP contribution in [0.1, 0.15) is 65.7 Å². The van der Waals surface area contributed by atoms with Gasteiger partial charge in [0.05, 0.1) is 12.7 Å². The standard InChI is InChI=1S/C21H31NO6/c1-4-7-9-11-13-18(23)22(19(24)14-12-10-8-5-2)17(16-20(25)26)21(27)28-15-6-3/h6-10,15,17H,4-5,11-14,16H2,1-3H3,(H,25,26)/b9-7+,10-8+,15-6+. The van der Waals surface area contributed by atoms with Crippen LogP contribution in [0, 0.1) is 0 Å². The van der Waals surface area contributed by atoms with Gasteiger partial charge in [-0.1, -0.05) is 44.2 Å². The zero-order valence-electron chi connectivity index (χ0n) is 16.9. The average Bonchev–Trinajstić information content (AvgIpc) is 2.65. The SMILES string of the molecule is C/C=C/OC(=O)C(CC(=O)O)N(C(=O)CC/C=C/CC)C(=O)CC/C=C/CC. The van der Waals surface area contributed by atoms with Gasteiger partial charge < -0.3 is 9.84 Å². The minimum absolute atomic E-state index is 0.0000550. The van der Waals surface area contributed by atoms with Gasteiger partial charge in [0.1, 0.15) is 6.04 Å². The number of hydrogen-bond donors (Lipinski definition) is 1. The summed E-state index contributed by atoms with van der Waals surface area (Å²) < 4.78 is 4.86. The molecule has 7 nitrogen and oxygen atoms in total. The van der Waals surface area contributed by atoms with E-state index in [0.717, 1.165) is 24.0 Å². The van der Waals surface area contributed by atoms with Crippen LogP contribution in [0.15, 0.2) is 36.6 Å². The molecule has 0 fully saturated rings. The van der Waals surface area contributed by atoms with E-state index in [4.69, 9.17) is 9.84 Å². The molecule has 0 aliphatic heterocycles. The Morgan fingerprint density at radius 2 is 1.43 bits per heavy atom. The van der Waals surface area contributed by atoms with Crippen LogP contribution >= 0.6 is 0 Å². The van der Waals surface area contributed by atoms with Crippen LogP contribution in [0.5, 0.6) is 0 Å². The summed E-state index contributed by atoms with van der Waals surface area (Å²) in [4.78, 5) is 49.7. The van der Waals surface area contributed by atoms with Crippen LogP contribution in [-0.2, 0) is 23.9 Å². The fourth-order valence-corrected chi connectivity index (χ4v) is 2.37. The first-order valence-electron chi connectivity index (χ1n) is 9.57. The summed E-state index contributed by atoms with van der Waals surface area (Å²) in [5.41, 5.74) is 0. The first-order valence-corrected chi connectivity index (χ1v) is 9.57. The van der Waals surface area contributed by atoms with Crippen molar-refractivity contribution in [2.24, 2.45) is 0 Å². The van der Waals surface area contributed by atoms with E-state index in [1.165, 1.54) is 6.08 Å².